The number of carbonyl (C=O) groups excluding carboxylic acids is 1. The minimum Gasteiger partial charge on any atom is -0.511 e. The zero-order valence-electron chi connectivity index (χ0n) is 14.2. The van der Waals surface area contributed by atoms with Crippen LogP contribution in [0.2, 0.25) is 0 Å². The van der Waals surface area contributed by atoms with Gasteiger partial charge in [0.05, 0.1) is 11.3 Å². The van der Waals surface area contributed by atoms with Gasteiger partial charge in [0.15, 0.2) is 5.78 Å². The molecule has 0 spiro atoms. The summed E-state index contributed by atoms with van der Waals surface area (Å²) in [5, 5.41) is 14.9. The molecule has 2 atom stereocenters. The van der Waals surface area contributed by atoms with Crippen LogP contribution in [0.25, 0.3) is 0 Å². The predicted octanol–water partition coefficient (Wildman–Crippen LogP) is 4.50. The van der Waals surface area contributed by atoms with Crippen LogP contribution in [0.5, 0.6) is 0 Å². The Labute approximate surface area is 138 Å². The standard InChI is InChI=1S/C17H29NO3S/c1-5-8-14(18-21-6-2)17-15(19)10-13(11-16(17)20)9-12(4)22-7-3/h12-13,19H,5-11H2,1-4H3/b18-14+/t12-,13?/m1/s1. The summed E-state index contributed by atoms with van der Waals surface area (Å²) in [6.45, 7) is 8.67. The van der Waals surface area contributed by atoms with Crippen LogP contribution in [-0.2, 0) is 9.63 Å². The van der Waals surface area contributed by atoms with Gasteiger partial charge >= 0.3 is 0 Å². The van der Waals surface area contributed by atoms with Crippen molar-refractivity contribution in [1.29, 1.82) is 0 Å². The number of hydrogen-bond acceptors (Lipinski definition) is 5. The Morgan fingerprint density at radius 3 is 2.68 bits per heavy atom. The average molecular weight is 327 g/mol. The number of carbonyl (C=O) groups is 1. The molecule has 1 aliphatic rings. The monoisotopic (exact) mass is 327 g/mol. The molecular weight excluding hydrogens is 298 g/mol. The van der Waals surface area contributed by atoms with E-state index in [1.165, 1.54) is 0 Å². The molecule has 0 aromatic carbocycles. The first kappa shape index (κ1) is 19.1. The van der Waals surface area contributed by atoms with Crippen LogP contribution < -0.4 is 0 Å². The lowest BCUT2D eigenvalue weighted by molar-refractivity contribution is -0.116. The van der Waals surface area contributed by atoms with E-state index in [1.54, 1.807) is 0 Å². The van der Waals surface area contributed by atoms with Crippen molar-refractivity contribution in [1.82, 2.24) is 0 Å². The van der Waals surface area contributed by atoms with Crippen molar-refractivity contribution in [2.24, 2.45) is 11.1 Å². The number of rotatable bonds is 9. The van der Waals surface area contributed by atoms with E-state index in [1.807, 2.05) is 25.6 Å². The number of thioether (sulfide) groups is 1. The number of Topliss-reactive ketones (excluding diaryl/α,β-unsaturated/α-hetero) is 1. The molecule has 0 aliphatic heterocycles. The summed E-state index contributed by atoms with van der Waals surface area (Å²) in [6.07, 6.45) is 3.56. The average Bonchev–Trinajstić information content (AvgIpc) is 2.44. The van der Waals surface area contributed by atoms with E-state index in [2.05, 4.69) is 19.0 Å². The van der Waals surface area contributed by atoms with Gasteiger partial charge in [0.2, 0.25) is 0 Å². The van der Waals surface area contributed by atoms with Crippen LogP contribution in [-0.4, -0.2) is 34.2 Å². The lowest BCUT2D eigenvalue weighted by Gasteiger charge is -2.25. The summed E-state index contributed by atoms with van der Waals surface area (Å²) < 4.78 is 0. The fourth-order valence-electron chi connectivity index (χ4n) is 2.88. The van der Waals surface area contributed by atoms with Crippen LogP contribution in [0.3, 0.4) is 0 Å². The third-order valence-corrected chi connectivity index (χ3v) is 4.81. The van der Waals surface area contributed by atoms with Gasteiger partial charge in [-0.05, 0) is 31.4 Å². The quantitative estimate of drug-likeness (QED) is 0.500. The van der Waals surface area contributed by atoms with Crippen molar-refractivity contribution in [2.45, 2.75) is 65.0 Å². The van der Waals surface area contributed by atoms with E-state index in [-0.39, 0.29) is 17.5 Å². The van der Waals surface area contributed by atoms with Gasteiger partial charge in [0, 0.05) is 18.1 Å². The highest BCUT2D eigenvalue weighted by Crippen LogP contribution is 2.32. The van der Waals surface area contributed by atoms with Crippen molar-refractivity contribution in [3.8, 4) is 0 Å². The smallest absolute Gasteiger partial charge is 0.168 e. The van der Waals surface area contributed by atoms with Gasteiger partial charge in [-0.3, -0.25) is 4.79 Å². The van der Waals surface area contributed by atoms with Gasteiger partial charge < -0.3 is 9.94 Å². The molecule has 0 heterocycles. The van der Waals surface area contributed by atoms with Crippen LogP contribution in [0, 0.1) is 5.92 Å². The number of nitrogens with zero attached hydrogens (tertiary/aromatic N) is 1. The minimum atomic E-state index is 0.00866. The highest BCUT2D eigenvalue weighted by Gasteiger charge is 2.31. The lowest BCUT2D eigenvalue weighted by Crippen LogP contribution is -2.26. The molecule has 5 heteroatoms. The Bertz CT molecular complexity index is 432. The molecule has 1 N–H and O–H groups in total. The Hall–Kier alpha value is -0.970. The molecule has 0 radical (unpaired) electrons. The summed E-state index contributed by atoms with van der Waals surface area (Å²) >= 11 is 1.90. The lowest BCUT2D eigenvalue weighted by atomic mass is 9.82. The van der Waals surface area contributed by atoms with Crippen molar-refractivity contribution < 1.29 is 14.7 Å². The summed E-state index contributed by atoms with van der Waals surface area (Å²) in [4.78, 5) is 17.6. The maximum Gasteiger partial charge on any atom is 0.168 e. The fourth-order valence-corrected chi connectivity index (χ4v) is 3.86. The van der Waals surface area contributed by atoms with Crippen molar-refractivity contribution in [3.05, 3.63) is 11.3 Å². The Morgan fingerprint density at radius 2 is 2.14 bits per heavy atom. The largest absolute Gasteiger partial charge is 0.511 e. The van der Waals surface area contributed by atoms with Gasteiger partial charge in [-0.1, -0.05) is 32.3 Å². The van der Waals surface area contributed by atoms with Gasteiger partial charge in [-0.2, -0.15) is 11.8 Å². The number of hydrogen-bond donors (Lipinski definition) is 1. The molecule has 0 saturated carbocycles. The van der Waals surface area contributed by atoms with E-state index in [4.69, 9.17) is 4.84 Å². The SMILES string of the molecule is CCC/C(=N\OCC)C1=C(O)CC(C[C@@H](C)SCC)CC1=O. The number of allylic oxidation sites excluding steroid dienone is 2. The molecule has 0 fully saturated rings. The van der Waals surface area contributed by atoms with E-state index < -0.39 is 0 Å². The molecule has 4 nitrogen and oxygen atoms in total. The van der Waals surface area contributed by atoms with Crippen LogP contribution in [0.4, 0.5) is 0 Å². The Morgan fingerprint density at radius 1 is 1.41 bits per heavy atom. The number of oxime groups is 1. The van der Waals surface area contributed by atoms with Crippen molar-refractivity contribution in [3.63, 3.8) is 0 Å². The van der Waals surface area contributed by atoms with Gasteiger partial charge in [-0.25, -0.2) is 0 Å². The number of aliphatic hydroxyl groups is 1. The van der Waals surface area contributed by atoms with Gasteiger partial charge in [0.25, 0.3) is 0 Å². The second kappa shape index (κ2) is 9.93. The molecular formula is C17H29NO3S. The molecule has 0 saturated heterocycles. The first-order valence-corrected chi connectivity index (χ1v) is 9.34. The minimum absolute atomic E-state index is 0.00866. The first-order valence-electron chi connectivity index (χ1n) is 8.29. The fraction of sp³-hybridized carbons (Fsp3) is 0.765. The second-order valence-corrected chi connectivity index (χ2v) is 7.44. The van der Waals surface area contributed by atoms with Crippen LogP contribution in [0.1, 0.15) is 59.8 Å². The summed E-state index contributed by atoms with van der Waals surface area (Å²) in [5.74, 6) is 1.52. The zero-order chi connectivity index (χ0) is 16.5. The summed E-state index contributed by atoms with van der Waals surface area (Å²) in [5.41, 5.74) is 1.00. The highest BCUT2D eigenvalue weighted by molar-refractivity contribution is 7.99. The normalized spacial score (nSPS) is 21.2. The second-order valence-electron chi connectivity index (χ2n) is 5.73. The first-order chi connectivity index (χ1) is 10.5. The number of ketones is 1. The van der Waals surface area contributed by atoms with E-state index in [0.29, 0.717) is 42.4 Å². The molecule has 0 aromatic heterocycles. The van der Waals surface area contributed by atoms with E-state index in [0.717, 1.165) is 18.6 Å². The number of aliphatic hydroxyl groups excluding tert-OH is 1. The van der Waals surface area contributed by atoms with Crippen LogP contribution >= 0.6 is 11.8 Å². The van der Waals surface area contributed by atoms with E-state index >= 15 is 0 Å². The Kier molecular flexibility index (Phi) is 8.61. The summed E-state index contributed by atoms with van der Waals surface area (Å²) in [6, 6.07) is 0. The van der Waals surface area contributed by atoms with Crippen LogP contribution in [0.15, 0.2) is 16.5 Å². The highest BCUT2D eigenvalue weighted by atomic mass is 32.2. The third kappa shape index (κ3) is 5.67. The maximum absolute atomic E-state index is 12.5. The molecule has 0 amide bonds. The molecule has 0 bridgehead atoms. The molecule has 126 valence electrons. The molecule has 1 unspecified atom stereocenters. The molecule has 1 rings (SSSR count). The maximum atomic E-state index is 12.5. The Balaban J connectivity index is 2.85. The molecule has 0 aromatic rings. The predicted molar refractivity (Wildman–Crippen MR) is 93.6 cm³/mol. The van der Waals surface area contributed by atoms with Gasteiger partial charge in [-0.15, -0.1) is 0 Å². The van der Waals surface area contributed by atoms with Gasteiger partial charge in [0.1, 0.15) is 12.4 Å². The topological polar surface area (TPSA) is 58.9 Å². The summed E-state index contributed by atoms with van der Waals surface area (Å²) in [7, 11) is 0. The zero-order valence-corrected chi connectivity index (χ0v) is 15.0. The third-order valence-electron chi connectivity index (χ3n) is 3.72. The molecule has 22 heavy (non-hydrogen) atoms. The van der Waals surface area contributed by atoms with E-state index in [9.17, 15) is 9.90 Å². The van der Waals surface area contributed by atoms with Crippen molar-refractivity contribution in [2.75, 3.05) is 12.4 Å². The molecule has 1 aliphatic carbocycles. The van der Waals surface area contributed by atoms with Crippen molar-refractivity contribution >= 4 is 23.3 Å².